The number of carbonyl (C=O) groups excluding carboxylic acids is 3. The summed E-state index contributed by atoms with van der Waals surface area (Å²) in [7, 11) is 1.60. The van der Waals surface area contributed by atoms with Gasteiger partial charge in [-0.3, -0.25) is 14.4 Å². The number of fused-ring (bicyclic) bond motifs is 1. The summed E-state index contributed by atoms with van der Waals surface area (Å²) >= 11 is 1.66. The molecule has 0 aromatic heterocycles. The summed E-state index contributed by atoms with van der Waals surface area (Å²) in [6.07, 6.45) is 4.00. The zero-order chi connectivity index (χ0) is 20.6. The molecule has 0 aromatic carbocycles. The van der Waals surface area contributed by atoms with E-state index in [1.165, 1.54) is 0 Å². The number of carbonyl (C=O) groups is 3. The number of nitrogens with one attached hydrogen (secondary N) is 2. The Morgan fingerprint density at radius 2 is 2.07 bits per heavy atom. The fourth-order valence-corrected chi connectivity index (χ4v) is 7.70. The smallest absolute Gasteiger partial charge is 0.244 e. The average molecular weight is 412 g/mol. The molecule has 3 saturated heterocycles. The zero-order valence-electron chi connectivity index (χ0n) is 17.2. The molecule has 7 nitrogen and oxygen atoms in total. The Labute approximate surface area is 171 Å². The largest absolute Gasteiger partial charge is 0.394 e. The lowest BCUT2D eigenvalue weighted by molar-refractivity contribution is -0.142. The predicted molar refractivity (Wildman–Crippen MR) is 109 cm³/mol. The van der Waals surface area contributed by atoms with Crippen LogP contribution in [-0.2, 0) is 14.4 Å². The SMILES string of the molecule is CCCC(C)NC(=O)C1N([C@@H](CC)CO)C(=O)[C@@H]2[C@H](C(=O)NC)[C@@H]3CCC12S3. The van der Waals surface area contributed by atoms with Crippen LogP contribution in [-0.4, -0.2) is 69.5 Å². The maximum atomic E-state index is 13.5. The summed E-state index contributed by atoms with van der Waals surface area (Å²) in [4.78, 5) is 41.1. The van der Waals surface area contributed by atoms with Crippen LogP contribution in [0.4, 0.5) is 0 Å². The summed E-state index contributed by atoms with van der Waals surface area (Å²) in [6, 6.07) is -1.02. The molecule has 3 heterocycles. The molecule has 28 heavy (non-hydrogen) atoms. The van der Waals surface area contributed by atoms with E-state index in [4.69, 9.17) is 0 Å². The van der Waals surface area contributed by atoms with E-state index in [1.54, 1.807) is 23.7 Å². The maximum Gasteiger partial charge on any atom is 0.244 e. The molecule has 3 unspecified atom stereocenters. The van der Waals surface area contributed by atoms with Gasteiger partial charge >= 0.3 is 0 Å². The molecule has 3 amide bonds. The molecule has 2 bridgehead atoms. The quantitative estimate of drug-likeness (QED) is 0.551. The van der Waals surface area contributed by atoms with E-state index < -0.39 is 28.7 Å². The van der Waals surface area contributed by atoms with Crippen molar-refractivity contribution in [2.75, 3.05) is 13.7 Å². The first kappa shape index (κ1) is 21.4. The Morgan fingerprint density at radius 3 is 2.64 bits per heavy atom. The second kappa shape index (κ2) is 8.22. The number of amides is 3. The number of rotatable bonds is 8. The van der Waals surface area contributed by atoms with E-state index in [9.17, 15) is 19.5 Å². The zero-order valence-corrected chi connectivity index (χ0v) is 18.1. The third-order valence-electron chi connectivity index (χ3n) is 6.72. The fraction of sp³-hybridized carbons (Fsp3) is 0.850. The van der Waals surface area contributed by atoms with E-state index in [0.717, 1.165) is 25.7 Å². The van der Waals surface area contributed by atoms with Gasteiger partial charge in [0.25, 0.3) is 0 Å². The van der Waals surface area contributed by atoms with E-state index in [-0.39, 0.29) is 35.6 Å². The van der Waals surface area contributed by atoms with Gasteiger partial charge in [-0.25, -0.2) is 0 Å². The highest BCUT2D eigenvalue weighted by Crippen LogP contribution is 2.66. The van der Waals surface area contributed by atoms with Crippen LogP contribution >= 0.6 is 11.8 Å². The molecule has 0 saturated carbocycles. The van der Waals surface area contributed by atoms with E-state index >= 15 is 0 Å². The molecular weight excluding hydrogens is 378 g/mol. The van der Waals surface area contributed by atoms with Gasteiger partial charge in [0.2, 0.25) is 17.7 Å². The van der Waals surface area contributed by atoms with Crippen LogP contribution in [0.25, 0.3) is 0 Å². The van der Waals surface area contributed by atoms with Gasteiger partial charge in [-0.2, -0.15) is 0 Å². The van der Waals surface area contributed by atoms with Crippen LogP contribution in [0.1, 0.15) is 52.9 Å². The summed E-state index contributed by atoms with van der Waals surface area (Å²) in [5.74, 6) is -1.30. The lowest BCUT2D eigenvalue weighted by Crippen LogP contribution is -2.57. The van der Waals surface area contributed by atoms with Crippen molar-refractivity contribution in [1.82, 2.24) is 15.5 Å². The van der Waals surface area contributed by atoms with Crippen molar-refractivity contribution in [3.8, 4) is 0 Å². The maximum absolute atomic E-state index is 13.5. The van der Waals surface area contributed by atoms with E-state index in [2.05, 4.69) is 17.6 Å². The molecule has 1 spiro atoms. The molecule has 0 aliphatic carbocycles. The van der Waals surface area contributed by atoms with Crippen molar-refractivity contribution in [2.24, 2.45) is 11.8 Å². The Hall–Kier alpha value is -1.28. The van der Waals surface area contributed by atoms with Gasteiger partial charge < -0.3 is 20.6 Å². The normalized spacial score (nSPS) is 35.6. The second-order valence-electron chi connectivity index (χ2n) is 8.36. The van der Waals surface area contributed by atoms with E-state index in [1.807, 2.05) is 13.8 Å². The molecule has 7 atom stereocenters. The molecule has 3 rings (SSSR count). The number of aliphatic hydroxyl groups is 1. The first-order chi connectivity index (χ1) is 13.4. The molecule has 158 valence electrons. The van der Waals surface area contributed by atoms with Gasteiger partial charge in [0.05, 0.1) is 29.2 Å². The van der Waals surface area contributed by atoms with Crippen molar-refractivity contribution >= 4 is 29.5 Å². The monoisotopic (exact) mass is 411 g/mol. The lowest BCUT2D eigenvalue weighted by Gasteiger charge is -2.37. The van der Waals surface area contributed by atoms with Crippen molar-refractivity contribution < 1.29 is 19.5 Å². The Bertz CT molecular complexity index is 641. The van der Waals surface area contributed by atoms with Crippen LogP contribution in [0.5, 0.6) is 0 Å². The highest BCUT2D eigenvalue weighted by Gasteiger charge is 2.74. The van der Waals surface area contributed by atoms with Crippen LogP contribution in [0.15, 0.2) is 0 Å². The second-order valence-corrected chi connectivity index (χ2v) is 9.96. The van der Waals surface area contributed by atoms with Gasteiger partial charge in [-0.05, 0) is 32.6 Å². The van der Waals surface area contributed by atoms with Gasteiger partial charge in [0.15, 0.2) is 0 Å². The third kappa shape index (κ3) is 3.12. The summed E-state index contributed by atoms with van der Waals surface area (Å²) < 4.78 is -0.572. The van der Waals surface area contributed by atoms with Gasteiger partial charge in [0, 0.05) is 18.3 Å². The van der Waals surface area contributed by atoms with Crippen LogP contribution in [0, 0.1) is 11.8 Å². The number of thioether (sulfide) groups is 1. The fourth-order valence-electron chi connectivity index (χ4n) is 5.49. The third-order valence-corrected chi connectivity index (χ3v) is 8.67. The van der Waals surface area contributed by atoms with Gasteiger partial charge in [0.1, 0.15) is 6.04 Å². The minimum atomic E-state index is -0.633. The standard InChI is InChI=1S/C20H33N3O4S/c1-5-7-11(3)22-18(26)16-20-9-8-13(28-20)14(17(25)21-4)15(20)19(27)23(16)12(6-2)10-24/h11-16,24H,5-10H2,1-4H3,(H,21,25)(H,22,26)/t11?,12-,13-,14+,15-,16?,20?/m0/s1. The Morgan fingerprint density at radius 1 is 1.36 bits per heavy atom. The van der Waals surface area contributed by atoms with Crippen LogP contribution in [0.2, 0.25) is 0 Å². The summed E-state index contributed by atoms with van der Waals surface area (Å²) in [6.45, 7) is 5.78. The highest BCUT2D eigenvalue weighted by atomic mass is 32.2. The minimum Gasteiger partial charge on any atom is -0.394 e. The van der Waals surface area contributed by atoms with Crippen molar-refractivity contribution in [2.45, 2.75) is 81.0 Å². The number of likely N-dealkylation sites (tertiary alicyclic amines) is 1. The molecule has 3 N–H and O–H groups in total. The average Bonchev–Trinajstić information content (AvgIpc) is 3.30. The Balaban J connectivity index is 2.00. The molecule has 3 fully saturated rings. The molecule has 3 aliphatic heterocycles. The first-order valence-corrected chi connectivity index (χ1v) is 11.4. The molecule has 8 heteroatoms. The van der Waals surface area contributed by atoms with Gasteiger partial charge in [-0.1, -0.05) is 20.3 Å². The predicted octanol–water partition coefficient (Wildman–Crippen LogP) is 0.899. The number of hydrogen-bond donors (Lipinski definition) is 3. The summed E-state index contributed by atoms with van der Waals surface area (Å²) in [5.41, 5.74) is 0. The molecular formula is C20H33N3O4S. The van der Waals surface area contributed by atoms with Crippen molar-refractivity contribution in [3.05, 3.63) is 0 Å². The molecule has 0 aromatic rings. The Kier molecular flexibility index (Phi) is 6.29. The van der Waals surface area contributed by atoms with Crippen LogP contribution < -0.4 is 10.6 Å². The number of aliphatic hydroxyl groups excluding tert-OH is 1. The summed E-state index contributed by atoms with van der Waals surface area (Å²) in [5, 5.41) is 15.8. The minimum absolute atomic E-state index is 0.0254. The van der Waals surface area contributed by atoms with Gasteiger partial charge in [-0.15, -0.1) is 11.8 Å². The molecule has 3 aliphatic rings. The lowest BCUT2D eigenvalue weighted by atomic mass is 9.70. The van der Waals surface area contributed by atoms with Crippen molar-refractivity contribution in [3.63, 3.8) is 0 Å². The first-order valence-electron chi connectivity index (χ1n) is 10.5. The number of nitrogens with zero attached hydrogens (tertiary/aromatic N) is 1. The highest BCUT2D eigenvalue weighted by molar-refractivity contribution is 8.02. The van der Waals surface area contributed by atoms with Crippen molar-refractivity contribution in [1.29, 1.82) is 0 Å². The molecule has 0 radical (unpaired) electrons. The number of hydrogen-bond acceptors (Lipinski definition) is 5. The van der Waals surface area contributed by atoms with E-state index in [0.29, 0.717) is 6.42 Å². The topological polar surface area (TPSA) is 98.7 Å². The van der Waals surface area contributed by atoms with Crippen LogP contribution in [0.3, 0.4) is 0 Å².